The van der Waals surface area contributed by atoms with Crippen LogP contribution < -0.4 is 4.90 Å². The Morgan fingerprint density at radius 1 is 1.50 bits per heavy atom. The number of hydrogen-bond acceptors (Lipinski definition) is 3. The molecule has 2 atom stereocenters. The van der Waals surface area contributed by atoms with Gasteiger partial charge in [0.1, 0.15) is 0 Å². The summed E-state index contributed by atoms with van der Waals surface area (Å²) in [5.74, 6) is 0.536. The van der Waals surface area contributed by atoms with Gasteiger partial charge >= 0.3 is 0 Å². The summed E-state index contributed by atoms with van der Waals surface area (Å²) in [4.78, 5) is 13.3. The van der Waals surface area contributed by atoms with E-state index in [0.717, 1.165) is 31.5 Å². The van der Waals surface area contributed by atoms with Crippen molar-refractivity contribution in [1.29, 1.82) is 0 Å². The molecule has 1 aromatic carbocycles. The quantitative estimate of drug-likeness (QED) is 0.789. The Labute approximate surface area is 113 Å². The van der Waals surface area contributed by atoms with E-state index in [1.54, 1.807) is 19.2 Å². The SMILES string of the molecule is COC1CN(c2c(Cl)cccc2C=O)CCC1C. The summed E-state index contributed by atoms with van der Waals surface area (Å²) in [6.45, 7) is 3.88. The van der Waals surface area contributed by atoms with Crippen LogP contribution in [0.1, 0.15) is 23.7 Å². The van der Waals surface area contributed by atoms with Crippen LogP contribution in [0.4, 0.5) is 5.69 Å². The maximum atomic E-state index is 11.1. The summed E-state index contributed by atoms with van der Waals surface area (Å²) in [7, 11) is 1.73. The molecule has 0 amide bonds. The van der Waals surface area contributed by atoms with Crippen LogP contribution in [0.15, 0.2) is 18.2 Å². The van der Waals surface area contributed by atoms with E-state index in [0.29, 0.717) is 16.5 Å². The number of rotatable bonds is 3. The molecule has 2 rings (SSSR count). The molecule has 1 fully saturated rings. The van der Waals surface area contributed by atoms with Crippen LogP contribution in [-0.4, -0.2) is 32.6 Å². The smallest absolute Gasteiger partial charge is 0.152 e. The molecule has 98 valence electrons. The standard InChI is InChI=1S/C14H18ClNO2/c1-10-6-7-16(8-13(10)18-2)14-11(9-17)4-3-5-12(14)15/h3-5,9-10,13H,6-8H2,1-2H3. The van der Waals surface area contributed by atoms with Crippen molar-refractivity contribution in [2.24, 2.45) is 5.92 Å². The van der Waals surface area contributed by atoms with Crippen LogP contribution in [0, 0.1) is 5.92 Å². The molecule has 1 aromatic rings. The summed E-state index contributed by atoms with van der Waals surface area (Å²) in [5, 5.41) is 0.629. The lowest BCUT2D eigenvalue weighted by molar-refractivity contribution is 0.0498. The van der Waals surface area contributed by atoms with Crippen molar-refractivity contribution >= 4 is 23.6 Å². The molecular formula is C14H18ClNO2. The predicted molar refractivity (Wildman–Crippen MR) is 73.6 cm³/mol. The van der Waals surface area contributed by atoms with E-state index in [1.807, 2.05) is 6.07 Å². The molecule has 1 heterocycles. The lowest BCUT2D eigenvalue weighted by Crippen LogP contribution is -2.44. The predicted octanol–water partition coefficient (Wildman–Crippen LogP) is 3.01. The van der Waals surface area contributed by atoms with Crippen molar-refractivity contribution < 1.29 is 9.53 Å². The van der Waals surface area contributed by atoms with Crippen molar-refractivity contribution in [2.75, 3.05) is 25.1 Å². The third-order valence-electron chi connectivity index (χ3n) is 3.65. The highest BCUT2D eigenvalue weighted by Gasteiger charge is 2.28. The second-order valence-corrected chi connectivity index (χ2v) is 5.19. The van der Waals surface area contributed by atoms with Gasteiger partial charge in [-0.25, -0.2) is 0 Å². The third-order valence-corrected chi connectivity index (χ3v) is 3.96. The minimum absolute atomic E-state index is 0.189. The van der Waals surface area contributed by atoms with Crippen molar-refractivity contribution in [3.63, 3.8) is 0 Å². The highest BCUT2D eigenvalue weighted by atomic mass is 35.5. The average molecular weight is 268 g/mol. The van der Waals surface area contributed by atoms with Crippen LogP contribution in [0.25, 0.3) is 0 Å². The zero-order valence-corrected chi connectivity index (χ0v) is 11.5. The molecule has 1 aliphatic heterocycles. The number of carbonyl (C=O) groups is 1. The summed E-state index contributed by atoms with van der Waals surface area (Å²) < 4.78 is 5.50. The first-order valence-electron chi connectivity index (χ1n) is 6.18. The fourth-order valence-electron chi connectivity index (χ4n) is 2.50. The molecule has 0 aromatic heterocycles. The first-order chi connectivity index (χ1) is 8.67. The number of piperidine rings is 1. The van der Waals surface area contributed by atoms with Gasteiger partial charge in [-0.15, -0.1) is 0 Å². The Morgan fingerprint density at radius 2 is 2.28 bits per heavy atom. The first-order valence-corrected chi connectivity index (χ1v) is 6.56. The van der Waals surface area contributed by atoms with Crippen molar-refractivity contribution in [3.05, 3.63) is 28.8 Å². The number of halogens is 1. The number of benzene rings is 1. The van der Waals surface area contributed by atoms with Gasteiger partial charge in [-0.2, -0.15) is 0 Å². The van der Waals surface area contributed by atoms with E-state index < -0.39 is 0 Å². The Kier molecular flexibility index (Phi) is 4.25. The van der Waals surface area contributed by atoms with Crippen molar-refractivity contribution in [1.82, 2.24) is 0 Å². The second kappa shape index (κ2) is 5.72. The molecule has 18 heavy (non-hydrogen) atoms. The monoisotopic (exact) mass is 267 g/mol. The third kappa shape index (κ3) is 2.52. The molecular weight excluding hydrogens is 250 g/mol. The molecule has 3 nitrogen and oxygen atoms in total. The molecule has 4 heteroatoms. The zero-order chi connectivity index (χ0) is 13.1. The molecule has 1 aliphatic rings. The molecule has 0 saturated carbocycles. The highest BCUT2D eigenvalue weighted by Crippen LogP contribution is 2.32. The fourth-order valence-corrected chi connectivity index (χ4v) is 2.81. The van der Waals surface area contributed by atoms with Gasteiger partial charge in [0.15, 0.2) is 6.29 Å². The summed E-state index contributed by atoms with van der Waals surface area (Å²) >= 11 is 6.23. The van der Waals surface area contributed by atoms with Crippen LogP contribution in [0.3, 0.4) is 0 Å². The first kappa shape index (κ1) is 13.4. The van der Waals surface area contributed by atoms with E-state index in [9.17, 15) is 4.79 Å². The molecule has 1 saturated heterocycles. The molecule has 0 radical (unpaired) electrons. The number of carbonyl (C=O) groups excluding carboxylic acids is 1. The number of nitrogens with zero attached hydrogens (tertiary/aromatic N) is 1. The molecule has 0 N–H and O–H groups in total. The molecule has 2 unspecified atom stereocenters. The van der Waals surface area contributed by atoms with Gasteiger partial charge in [0.05, 0.1) is 16.8 Å². The van der Waals surface area contributed by atoms with Crippen molar-refractivity contribution in [3.8, 4) is 0 Å². The summed E-state index contributed by atoms with van der Waals surface area (Å²) in [6, 6.07) is 5.42. The largest absolute Gasteiger partial charge is 0.379 e. The van der Waals surface area contributed by atoms with Crippen molar-refractivity contribution in [2.45, 2.75) is 19.4 Å². The topological polar surface area (TPSA) is 29.5 Å². The Morgan fingerprint density at radius 3 is 2.94 bits per heavy atom. The molecule has 0 bridgehead atoms. The van der Waals surface area contributed by atoms with E-state index in [4.69, 9.17) is 16.3 Å². The Bertz CT molecular complexity index is 436. The number of para-hydroxylation sites is 1. The van der Waals surface area contributed by atoms with Gasteiger partial charge in [-0.3, -0.25) is 4.79 Å². The van der Waals surface area contributed by atoms with Gasteiger partial charge in [0, 0.05) is 25.8 Å². The molecule has 0 spiro atoms. The second-order valence-electron chi connectivity index (χ2n) is 4.78. The van der Waals surface area contributed by atoms with E-state index in [-0.39, 0.29) is 6.10 Å². The number of anilines is 1. The number of ether oxygens (including phenoxy) is 1. The Balaban J connectivity index is 2.29. The zero-order valence-electron chi connectivity index (χ0n) is 10.7. The number of hydrogen-bond donors (Lipinski definition) is 0. The fraction of sp³-hybridized carbons (Fsp3) is 0.500. The van der Waals surface area contributed by atoms with Crippen LogP contribution in [0.5, 0.6) is 0 Å². The number of aldehydes is 1. The van der Waals surface area contributed by atoms with Crippen LogP contribution >= 0.6 is 11.6 Å². The maximum absolute atomic E-state index is 11.1. The number of methoxy groups -OCH3 is 1. The highest BCUT2D eigenvalue weighted by molar-refractivity contribution is 6.33. The van der Waals surface area contributed by atoms with Gasteiger partial charge in [0.2, 0.25) is 0 Å². The summed E-state index contributed by atoms with van der Waals surface area (Å²) in [5.41, 5.74) is 1.48. The average Bonchev–Trinajstić information content (AvgIpc) is 2.39. The van der Waals surface area contributed by atoms with Gasteiger partial charge < -0.3 is 9.64 Å². The van der Waals surface area contributed by atoms with Gasteiger partial charge in [-0.05, 0) is 24.5 Å². The van der Waals surface area contributed by atoms with E-state index >= 15 is 0 Å². The Hall–Kier alpha value is -1.06. The maximum Gasteiger partial charge on any atom is 0.152 e. The van der Waals surface area contributed by atoms with Gasteiger partial charge in [-0.1, -0.05) is 24.6 Å². The van der Waals surface area contributed by atoms with Gasteiger partial charge in [0.25, 0.3) is 0 Å². The van der Waals surface area contributed by atoms with E-state index in [1.165, 1.54) is 0 Å². The lowest BCUT2D eigenvalue weighted by atomic mass is 9.95. The molecule has 0 aliphatic carbocycles. The van der Waals surface area contributed by atoms with E-state index in [2.05, 4.69) is 11.8 Å². The van der Waals surface area contributed by atoms with Crippen LogP contribution in [0.2, 0.25) is 5.02 Å². The lowest BCUT2D eigenvalue weighted by Gasteiger charge is -2.38. The summed E-state index contributed by atoms with van der Waals surface area (Å²) in [6.07, 6.45) is 2.10. The minimum atomic E-state index is 0.189. The normalized spacial score (nSPS) is 24.1. The minimum Gasteiger partial charge on any atom is -0.379 e. The van der Waals surface area contributed by atoms with Crippen LogP contribution in [-0.2, 0) is 4.74 Å².